The smallest absolute Gasteiger partial charge is 0.329 e. The molecule has 0 aliphatic carbocycles. The van der Waals surface area contributed by atoms with Gasteiger partial charge in [-0.05, 0) is 50.4 Å². The molecule has 1 amide bonds. The predicted molar refractivity (Wildman–Crippen MR) is 196 cm³/mol. The van der Waals surface area contributed by atoms with Crippen LogP contribution in [0.2, 0.25) is 5.02 Å². The van der Waals surface area contributed by atoms with Gasteiger partial charge in [0.25, 0.3) is 0 Å². The highest BCUT2D eigenvalue weighted by Crippen LogP contribution is 2.47. The molecule has 0 spiro atoms. The minimum Gasteiger partial charge on any atom is -0.461 e. The monoisotopic (exact) mass is 772 g/mol. The van der Waals surface area contributed by atoms with Crippen molar-refractivity contribution < 1.29 is 22.7 Å². The molecule has 4 aliphatic rings. The van der Waals surface area contributed by atoms with Crippen molar-refractivity contribution in [2.45, 2.75) is 50.4 Å². The summed E-state index contributed by atoms with van der Waals surface area (Å²) in [5.41, 5.74) is 5.75. The molecule has 276 valence electrons. The number of anilines is 2. The number of carbonyl (C=O) groups excluding carboxylic acids is 1. The van der Waals surface area contributed by atoms with Gasteiger partial charge in [0.1, 0.15) is 52.9 Å². The van der Waals surface area contributed by atoms with Gasteiger partial charge in [0.2, 0.25) is 0 Å². The number of nitriles is 2. The van der Waals surface area contributed by atoms with Crippen LogP contribution in [0.5, 0.6) is 6.01 Å². The Bertz CT molecular complexity index is 2500. The Balaban J connectivity index is 1.15. The van der Waals surface area contributed by atoms with Crippen molar-refractivity contribution >= 4 is 60.8 Å². The van der Waals surface area contributed by atoms with Crippen LogP contribution in [0.4, 0.5) is 28.8 Å². The zero-order valence-corrected chi connectivity index (χ0v) is 30.5. The zero-order chi connectivity index (χ0) is 37.6. The van der Waals surface area contributed by atoms with E-state index in [1.165, 1.54) is 22.9 Å². The normalized spacial score (nSPS) is 23.6. The number of amides is 1. The zero-order valence-electron chi connectivity index (χ0n) is 29.0. The number of likely N-dealkylation sites (tertiary alicyclic amines) is 1. The fourth-order valence-corrected chi connectivity index (χ4v) is 10.3. The minimum absolute atomic E-state index is 0.0108. The van der Waals surface area contributed by atoms with E-state index in [1.807, 2.05) is 17.0 Å². The van der Waals surface area contributed by atoms with Gasteiger partial charge < -0.3 is 20.3 Å². The summed E-state index contributed by atoms with van der Waals surface area (Å²) in [4.78, 5) is 33.1. The third kappa shape index (κ3) is 5.26. The third-order valence-corrected chi connectivity index (χ3v) is 12.9. The Morgan fingerprint density at radius 1 is 1.17 bits per heavy atom. The number of nitrogen functional groups attached to an aromatic ring is 1. The molecule has 0 saturated carbocycles. The molecular weight excluding hydrogens is 741 g/mol. The molecule has 2 unspecified atom stereocenters. The maximum Gasteiger partial charge on any atom is 0.329 e. The maximum absolute atomic E-state index is 17.2. The standard InChI is InChI=1S/C37H32ClF3N10O2S/c1-18-45-21(11-42)15-51(18)36(52)48-13-19-5-8-50(27(19)16-48)34-23-9-25(38)29(22-3-4-26(40)32-28(22)24(12-43)33(44)54-32)30(41)31(23)46-35(47-34)53-17-37-6-2-7-49(37)14-20(39)10-37/h3-4,9,15,19-20,27H,2,5-8,10,13-14,16-17,44H2,1H3/t19?,20-,27?,37+/m1/s1. The highest BCUT2D eigenvalue weighted by molar-refractivity contribution is 7.23. The first-order valence-electron chi connectivity index (χ1n) is 17.6. The highest BCUT2D eigenvalue weighted by atomic mass is 35.5. The van der Waals surface area contributed by atoms with Crippen LogP contribution >= 0.6 is 22.9 Å². The first-order chi connectivity index (χ1) is 26.0. The molecule has 12 nitrogen and oxygen atoms in total. The summed E-state index contributed by atoms with van der Waals surface area (Å²) in [7, 11) is 0. The largest absolute Gasteiger partial charge is 0.461 e. The van der Waals surface area contributed by atoms with Gasteiger partial charge in [-0.3, -0.25) is 9.47 Å². The lowest BCUT2D eigenvalue weighted by molar-refractivity contribution is 0.107. The third-order valence-electron chi connectivity index (χ3n) is 11.6. The Hall–Kier alpha value is -5.16. The number of carbonyl (C=O) groups is 1. The number of rotatable bonds is 5. The second kappa shape index (κ2) is 12.7. The van der Waals surface area contributed by atoms with Crippen molar-refractivity contribution in [3.63, 3.8) is 0 Å². The number of imidazole rings is 1. The number of hydrogen-bond donors (Lipinski definition) is 1. The van der Waals surface area contributed by atoms with Crippen molar-refractivity contribution in [1.82, 2.24) is 29.3 Å². The molecule has 54 heavy (non-hydrogen) atoms. The summed E-state index contributed by atoms with van der Waals surface area (Å²) in [5, 5.41) is 19.8. The summed E-state index contributed by atoms with van der Waals surface area (Å²) in [5.74, 6) is -0.586. The van der Waals surface area contributed by atoms with Crippen LogP contribution in [0, 0.1) is 47.1 Å². The molecule has 9 rings (SSSR count). The lowest BCUT2D eigenvalue weighted by Gasteiger charge is -2.31. The molecule has 3 aromatic heterocycles. The van der Waals surface area contributed by atoms with Gasteiger partial charge in [-0.2, -0.15) is 20.5 Å². The van der Waals surface area contributed by atoms with Gasteiger partial charge in [0.15, 0.2) is 11.5 Å². The fourth-order valence-electron chi connectivity index (χ4n) is 9.10. The lowest BCUT2D eigenvalue weighted by Crippen LogP contribution is -2.43. The maximum atomic E-state index is 17.2. The molecule has 7 heterocycles. The number of thiophene rings is 1. The van der Waals surface area contributed by atoms with Gasteiger partial charge in [-0.25, -0.2) is 22.9 Å². The van der Waals surface area contributed by atoms with Gasteiger partial charge in [0, 0.05) is 54.9 Å². The molecule has 4 atom stereocenters. The molecular formula is C37H32ClF3N10O2S. The van der Waals surface area contributed by atoms with Crippen molar-refractivity contribution in [2.24, 2.45) is 5.92 Å². The molecule has 0 bridgehead atoms. The SMILES string of the molecule is Cc1nc(C#N)cn1C(=O)N1CC2CCN(c3nc(OC[C@@]45CCCN4C[C@H](F)C5)nc4c(F)c(-c5ccc(F)c6sc(N)c(C#N)c56)c(Cl)cc34)C2C1. The van der Waals surface area contributed by atoms with E-state index in [4.69, 9.17) is 27.1 Å². The van der Waals surface area contributed by atoms with Gasteiger partial charge in [-0.1, -0.05) is 17.7 Å². The summed E-state index contributed by atoms with van der Waals surface area (Å²) in [6.07, 6.45) is 3.14. The molecule has 4 fully saturated rings. The number of ether oxygens (including phenoxy) is 1. The van der Waals surface area contributed by atoms with Crippen LogP contribution in [0.1, 0.15) is 42.8 Å². The van der Waals surface area contributed by atoms with E-state index in [1.54, 1.807) is 17.9 Å². The molecule has 5 aromatic rings. The van der Waals surface area contributed by atoms with E-state index in [0.29, 0.717) is 49.6 Å². The average molecular weight is 773 g/mol. The number of halogens is 4. The summed E-state index contributed by atoms with van der Waals surface area (Å²) >= 11 is 7.82. The molecule has 0 radical (unpaired) electrons. The van der Waals surface area contributed by atoms with Gasteiger partial charge in [0.05, 0.1) is 33.1 Å². The number of benzene rings is 2. The predicted octanol–water partition coefficient (Wildman–Crippen LogP) is 6.41. The summed E-state index contributed by atoms with van der Waals surface area (Å²) in [6.45, 7) is 4.21. The minimum atomic E-state index is -0.978. The van der Waals surface area contributed by atoms with Crippen molar-refractivity contribution in [1.29, 1.82) is 10.5 Å². The second-order valence-electron chi connectivity index (χ2n) is 14.5. The quantitative estimate of drug-likeness (QED) is 0.212. The number of nitrogens with zero attached hydrogens (tertiary/aromatic N) is 9. The van der Waals surface area contributed by atoms with E-state index in [9.17, 15) is 24.1 Å². The second-order valence-corrected chi connectivity index (χ2v) is 16.0. The van der Waals surface area contributed by atoms with Gasteiger partial charge >= 0.3 is 12.0 Å². The Kier molecular flexibility index (Phi) is 8.15. The summed E-state index contributed by atoms with van der Waals surface area (Å²) < 4.78 is 54.7. The fraction of sp³-hybridized carbons (Fsp3) is 0.405. The Morgan fingerprint density at radius 3 is 2.78 bits per heavy atom. The van der Waals surface area contributed by atoms with E-state index in [-0.39, 0.29) is 78.6 Å². The van der Waals surface area contributed by atoms with Crippen LogP contribution in [0.3, 0.4) is 0 Å². The van der Waals surface area contributed by atoms with Crippen LogP contribution in [-0.4, -0.2) is 92.4 Å². The number of aryl methyl sites for hydroxylation is 1. The van der Waals surface area contributed by atoms with Crippen molar-refractivity contribution in [3.8, 4) is 29.3 Å². The van der Waals surface area contributed by atoms with Crippen molar-refractivity contribution in [2.75, 3.05) is 50.0 Å². The number of fused-ring (bicyclic) bond motifs is 4. The number of alkyl halides is 1. The number of hydrogen-bond acceptors (Lipinski definition) is 11. The van der Waals surface area contributed by atoms with Crippen molar-refractivity contribution in [3.05, 3.63) is 58.1 Å². The highest BCUT2D eigenvalue weighted by Gasteiger charge is 2.50. The first kappa shape index (κ1) is 34.6. The van der Waals surface area contributed by atoms with Crippen LogP contribution in [-0.2, 0) is 0 Å². The van der Waals surface area contributed by atoms with E-state index in [0.717, 1.165) is 37.1 Å². The summed E-state index contributed by atoms with van der Waals surface area (Å²) in [6, 6.07) is 7.53. The average Bonchev–Trinajstić information content (AvgIpc) is 3.99. The molecule has 17 heteroatoms. The lowest BCUT2D eigenvalue weighted by atomic mass is 9.95. The topological polar surface area (TPSA) is 153 Å². The Morgan fingerprint density at radius 2 is 2.00 bits per heavy atom. The van der Waals surface area contributed by atoms with Crippen LogP contribution < -0.4 is 15.4 Å². The van der Waals surface area contributed by atoms with Crippen LogP contribution in [0.25, 0.3) is 32.1 Å². The van der Waals surface area contributed by atoms with E-state index < -0.39 is 23.3 Å². The van der Waals surface area contributed by atoms with Crippen LogP contribution in [0.15, 0.2) is 24.4 Å². The molecule has 2 N–H and O–H groups in total. The molecule has 2 aromatic carbocycles. The number of aromatic nitrogens is 4. The molecule has 4 aliphatic heterocycles. The molecule has 4 saturated heterocycles. The first-order valence-corrected chi connectivity index (χ1v) is 18.8. The van der Waals surface area contributed by atoms with E-state index >= 15 is 4.39 Å². The Labute approximate surface area is 316 Å². The van der Waals surface area contributed by atoms with Gasteiger partial charge in [-0.15, -0.1) is 11.3 Å². The number of nitrogens with two attached hydrogens (primary N) is 1. The van der Waals surface area contributed by atoms with E-state index in [2.05, 4.69) is 14.9 Å².